The summed E-state index contributed by atoms with van der Waals surface area (Å²) in [5, 5.41) is 26.2. The Balaban J connectivity index is 0.000000171. The Morgan fingerprint density at radius 1 is 0.941 bits per heavy atom. The highest BCUT2D eigenvalue weighted by Gasteiger charge is 2.15. The number of rotatable bonds is 1. The zero-order chi connectivity index (χ0) is 12.7. The average molecular weight is 238 g/mol. The van der Waals surface area contributed by atoms with E-state index in [0.717, 1.165) is 25.7 Å². The molecular weight excluding hydrogens is 220 g/mol. The van der Waals surface area contributed by atoms with Gasteiger partial charge in [-0.15, -0.1) is 0 Å². The number of aromatic carboxylic acids is 1. The van der Waals surface area contributed by atoms with Crippen LogP contribution in [0.2, 0.25) is 0 Å². The summed E-state index contributed by atoms with van der Waals surface area (Å²) in [6, 6.07) is 8.30. The van der Waals surface area contributed by atoms with Gasteiger partial charge >= 0.3 is 5.97 Å². The van der Waals surface area contributed by atoms with E-state index in [1.807, 2.05) is 0 Å². The summed E-state index contributed by atoms with van der Waals surface area (Å²) in [5.74, 6) is -0.879. The van der Waals surface area contributed by atoms with E-state index in [1.165, 1.54) is 0 Å². The lowest BCUT2D eigenvalue weighted by Crippen LogP contribution is -2.21. The Labute approximate surface area is 101 Å². The summed E-state index contributed by atoms with van der Waals surface area (Å²) in [6.45, 7) is 0. The predicted octanol–water partition coefficient (Wildman–Crippen LogP) is 1.67. The maximum Gasteiger partial charge on any atom is 0.335 e. The molecule has 0 saturated heterocycles. The van der Waals surface area contributed by atoms with Crippen molar-refractivity contribution in [3.05, 3.63) is 35.9 Å². The highest BCUT2D eigenvalue weighted by molar-refractivity contribution is 5.87. The molecule has 4 nitrogen and oxygen atoms in total. The van der Waals surface area contributed by atoms with Crippen LogP contribution in [-0.4, -0.2) is 33.5 Å². The fraction of sp³-hybridized carbons (Fsp3) is 0.462. The maximum absolute atomic E-state index is 10.2. The standard InChI is InChI=1S/C7H6O2.C6H12O2/c8-7(9)6-4-2-1-3-5-6;7-5-1-2-6(8)4-3-5/h1-5H,(H,8,9);5-8H,1-4H2. The fourth-order valence-electron chi connectivity index (χ4n) is 1.64. The third kappa shape index (κ3) is 5.47. The van der Waals surface area contributed by atoms with Crippen molar-refractivity contribution in [1.82, 2.24) is 0 Å². The molecule has 0 amide bonds. The smallest absolute Gasteiger partial charge is 0.335 e. The minimum atomic E-state index is -0.879. The SMILES string of the molecule is O=C(O)c1ccccc1.OC1CCC(O)CC1. The Morgan fingerprint density at radius 3 is 1.65 bits per heavy atom. The van der Waals surface area contributed by atoms with Gasteiger partial charge in [-0.05, 0) is 37.8 Å². The second kappa shape index (κ2) is 7.04. The van der Waals surface area contributed by atoms with Crippen LogP contribution in [0.3, 0.4) is 0 Å². The Morgan fingerprint density at radius 2 is 1.35 bits per heavy atom. The van der Waals surface area contributed by atoms with Crippen LogP contribution >= 0.6 is 0 Å². The second-order valence-electron chi connectivity index (χ2n) is 4.13. The van der Waals surface area contributed by atoms with E-state index in [-0.39, 0.29) is 12.2 Å². The molecule has 3 N–H and O–H groups in total. The number of carboxylic acids is 1. The summed E-state index contributed by atoms with van der Waals surface area (Å²) in [4.78, 5) is 10.2. The maximum atomic E-state index is 10.2. The van der Waals surface area contributed by atoms with Crippen LogP contribution in [0.5, 0.6) is 0 Å². The number of carboxylic acid groups (broad SMARTS) is 1. The molecule has 94 valence electrons. The van der Waals surface area contributed by atoms with E-state index in [2.05, 4.69) is 0 Å². The first-order chi connectivity index (χ1) is 8.09. The molecule has 0 unspecified atom stereocenters. The highest BCUT2D eigenvalue weighted by atomic mass is 16.4. The van der Waals surface area contributed by atoms with Gasteiger partial charge in [0, 0.05) is 0 Å². The molecule has 1 aliphatic carbocycles. The molecule has 0 aliphatic heterocycles. The molecule has 0 bridgehead atoms. The van der Waals surface area contributed by atoms with E-state index in [1.54, 1.807) is 30.3 Å². The molecular formula is C13H18O4. The number of aliphatic hydroxyl groups excluding tert-OH is 2. The van der Waals surface area contributed by atoms with Crippen molar-refractivity contribution in [3.8, 4) is 0 Å². The van der Waals surface area contributed by atoms with Gasteiger partial charge in [0.05, 0.1) is 17.8 Å². The van der Waals surface area contributed by atoms with Crippen molar-refractivity contribution >= 4 is 5.97 Å². The van der Waals surface area contributed by atoms with Crippen LogP contribution in [0.15, 0.2) is 30.3 Å². The monoisotopic (exact) mass is 238 g/mol. The third-order valence-electron chi connectivity index (χ3n) is 2.69. The quantitative estimate of drug-likeness (QED) is 0.695. The first-order valence-corrected chi connectivity index (χ1v) is 5.74. The number of benzene rings is 1. The Hall–Kier alpha value is -1.39. The van der Waals surface area contributed by atoms with E-state index >= 15 is 0 Å². The second-order valence-corrected chi connectivity index (χ2v) is 4.13. The molecule has 1 saturated carbocycles. The normalized spacial score (nSPS) is 23.4. The topological polar surface area (TPSA) is 77.8 Å². The summed E-state index contributed by atoms with van der Waals surface area (Å²) >= 11 is 0. The summed E-state index contributed by atoms with van der Waals surface area (Å²) in [6.07, 6.45) is 2.83. The molecule has 0 aromatic heterocycles. The van der Waals surface area contributed by atoms with Crippen LogP contribution in [0.25, 0.3) is 0 Å². The number of carbonyl (C=O) groups is 1. The van der Waals surface area contributed by atoms with Crippen molar-refractivity contribution in [2.75, 3.05) is 0 Å². The van der Waals surface area contributed by atoms with Crippen LogP contribution in [-0.2, 0) is 0 Å². The molecule has 1 aromatic rings. The van der Waals surface area contributed by atoms with Crippen LogP contribution in [0, 0.1) is 0 Å². The van der Waals surface area contributed by atoms with Gasteiger partial charge in [0.15, 0.2) is 0 Å². The van der Waals surface area contributed by atoms with Gasteiger partial charge in [-0.25, -0.2) is 4.79 Å². The molecule has 1 aromatic carbocycles. The highest BCUT2D eigenvalue weighted by Crippen LogP contribution is 2.17. The number of aliphatic hydroxyl groups is 2. The zero-order valence-corrected chi connectivity index (χ0v) is 9.62. The Kier molecular flexibility index (Phi) is 5.66. The lowest BCUT2D eigenvalue weighted by atomic mass is 9.95. The molecule has 0 spiro atoms. The summed E-state index contributed by atoms with van der Waals surface area (Å²) in [7, 11) is 0. The number of hydrogen-bond acceptors (Lipinski definition) is 3. The van der Waals surface area contributed by atoms with Gasteiger partial charge in [-0.3, -0.25) is 0 Å². The van der Waals surface area contributed by atoms with E-state index in [4.69, 9.17) is 15.3 Å². The summed E-state index contributed by atoms with van der Waals surface area (Å²) in [5.41, 5.74) is 0.331. The molecule has 1 fully saturated rings. The third-order valence-corrected chi connectivity index (χ3v) is 2.69. The van der Waals surface area contributed by atoms with Crippen LogP contribution in [0.1, 0.15) is 36.0 Å². The lowest BCUT2D eigenvalue weighted by molar-refractivity contribution is 0.0541. The first kappa shape index (κ1) is 13.7. The molecule has 2 rings (SSSR count). The van der Waals surface area contributed by atoms with Crippen molar-refractivity contribution in [3.63, 3.8) is 0 Å². The lowest BCUT2D eigenvalue weighted by Gasteiger charge is -2.20. The van der Waals surface area contributed by atoms with Gasteiger partial charge in [-0.1, -0.05) is 18.2 Å². The zero-order valence-electron chi connectivity index (χ0n) is 9.62. The fourth-order valence-corrected chi connectivity index (χ4v) is 1.64. The average Bonchev–Trinajstić information content (AvgIpc) is 2.35. The van der Waals surface area contributed by atoms with Crippen LogP contribution in [0.4, 0.5) is 0 Å². The molecule has 0 atom stereocenters. The van der Waals surface area contributed by atoms with E-state index < -0.39 is 5.97 Å². The molecule has 17 heavy (non-hydrogen) atoms. The first-order valence-electron chi connectivity index (χ1n) is 5.74. The largest absolute Gasteiger partial charge is 0.478 e. The van der Waals surface area contributed by atoms with E-state index in [0.29, 0.717) is 5.56 Å². The Bertz CT molecular complexity index is 319. The minimum absolute atomic E-state index is 0.140. The summed E-state index contributed by atoms with van der Waals surface area (Å²) < 4.78 is 0. The van der Waals surface area contributed by atoms with Crippen molar-refractivity contribution in [2.45, 2.75) is 37.9 Å². The van der Waals surface area contributed by atoms with E-state index in [9.17, 15) is 4.79 Å². The van der Waals surface area contributed by atoms with Crippen LogP contribution < -0.4 is 0 Å². The molecule has 0 radical (unpaired) electrons. The van der Waals surface area contributed by atoms with Gasteiger partial charge < -0.3 is 15.3 Å². The van der Waals surface area contributed by atoms with Crippen molar-refractivity contribution in [2.24, 2.45) is 0 Å². The van der Waals surface area contributed by atoms with Crippen molar-refractivity contribution < 1.29 is 20.1 Å². The van der Waals surface area contributed by atoms with Gasteiger partial charge in [0.25, 0.3) is 0 Å². The predicted molar refractivity (Wildman–Crippen MR) is 63.9 cm³/mol. The molecule has 0 heterocycles. The number of hydrogen-bond donors (Lipinski definition) is 3. The van der Waals surface area contributed by atoms with Crippen molar-refractivity contribution in [1.29, 1.82) is 0 Å². The minimum Gasteiger partial charge on any atom is -0.478 e. The van der Waals surface area contributed by atoms with Gasteiger partial charge in [-0.2, -0.15) is 0 Å². The van der Waals surface area contributed by atoms with Gasteiger partial charge in [0.2, 0.25) is 0 Å². The molecule has 1 aliphatic rings. The van der Waals surface area contributed by atoms with Gasteiger partial charge in [0.1, 0.15) is 0 Å². The molecule has 4 heteroatoms.